The Bertz CT molecular complexity index is 581. The highest BCUT2D eigenvalue weighted by atomic mass is 19.1. The van der Waals surface area contributed by atoms with Crippen LogP contribution in [0.2, 0.25) is 0 Å². The minimum atomic E-state index is -0.328. The number of fused-ring (bicyclic) bond motifs is 1. The number of amides is 2. The summed E-state index contributed by atoms with van der Waals surface area (Å²) in [4.78, 5) is 16.8. The topological polar surface area (TPSA) is 44.8 Å². The number of methoxy groups -OCH3 is 1. The van der Waals surface area contributed by atoms with Gasteiger partial charge < -0.3 is 19.9 Å². The molecule has 1 N–H and O–H groups in total. The minimum Gasteiger partial charge on any atom is -0.496 e. The van der Waals surface area contributed by atoms with Gasteiger partial charge in [-0.2, -0.15) is 0 Å². The second-order valence-electron chi connectivity index (χ2n) is 6.50. The van der Waals surface area contributed by atoms with Crippen molar-refractivity contribution in [2.45, 2.75) is 25.4 Å². The highest BCUT2D eigenvalue weighted by Crippen LogP contribution is 2.30. The van der Waals surface area contributed by atoms with Crippen molar-refractivity contribution in [2.75, 3.05) is 33.8 Å². The summed E-state index contributed by atoms with van der Waals surface area (Å²) in [5, 5.41) is 2.92. The van der Waals surface area contributed by atoms with Gasteiger partial charge in [0.1, 0.15) is 11.6 Å². The molecule has 1 aromatic rings. The van der Waals surface area contributed by atoms with Crippen LogP contribution in [0, 0.1) is 11.7 Å². The number of nitrogens with one attached hydrogen (secondary N) is 1. The van der Waals surface area contributed by atoms with Crippen LogP contribution >= 0.6 is 0 Å². The molecule has 0 bridgehead atoms. The van der Waals surface area contributed by atoms with Gasteiger partial charge in [0.15, 0.2) is 0 Å². The number of likely N-dealkylation sites (tertiary alicyclic amines) is 2. The van der Waals surface area contributed by atoms with E-state index in [2.05, 4.69) is 17.3 Å². The summed E-state index contributed by atoms with van der Waals surface area (Å²) in [6.07, 6.45) is 2.24. The number of carbonyl (C=O) groups is 1. The fourth-order valence-corrected chi connectivity index (χ4v) is 3.80. The van der Waals surface area contributed by atoms with Gasteiger partial charge in [-0.25, -0.2) is 9.18 Å². The second-order valence-corrected chi connectivity index (χ2v) is 6.50. The van der Waals surface area contributed by atoms with Crippen LogP contribution in [0.1, 0.15) is 18.4 Å². The van der Waals surface area contributed by atoms with Crippen LogP contribution in [0.5, 0.6) is 5.75 Å². The lowest BCUT2D eigenvalue weighted by atomic mass is 9.92. The van der Waals surface area contributed by atoms with Gasteiger partial charge in [-0.1, -0.05) is 0 Å². The van der Waals surface area contributed by atoms with Gasteiger partial charge in [-0.3, -0.25) is 0 Å². The number of hydrogen-bond donors (Lipinski definition) is 1. The first-order chi connectivity index (χ1) is 11.1. The van der Waals surface area contributed by atoms with Gasteiger partial charge in [0.25, 0.3) is 0 Å². The van der Waals surface area contributed by atoms with E-state index in [0.717, 1.165) is 26.1 Å². The van der Waals surface area contributed by atoms with Gasteiger partial charge in [0, 0.05) is 31.7 Å². The van der Waals surface area contributed by atoms with Crippen molar-refractivity contribution in [1.82, 2.24) is 15.1 Å². The molecule has 2 fully saturated rings. The van der Waals surface area contributed by atoms with E-state index in [-0.39, 0.29) is 18.4 Å². The summed E-state index contributed by atoms with van der Waals surface area (Å²) in [6.45, 7) is 3.05. The molecule has 23 heavy (non-hydrogen) atoms. The number of likely N-dealkylation sites (N-methyl/N-ethyl adjacent to an activating group) is 1. The molecule has 6 heteroatoms. The van der Waals surface area contributed by atoms with Crippen LogP contribution in [0.4, 0.5) is 9.18 Å². The highest BCUT2D eigenvalue weighted by Gasteiger charge is 2.39. The average Bonchev–Trinajstić information content (AvgIpc) is 2.92. The van der Waals surface area contributed by atoms with E-state index < -0.39 is 0 Å². The van der Waals surface area contributed by atoms with Crippen molar-refractivity contribution in [1.29, 1.82) is 0 Å². The second kappa shape index (κ2) is 6.74. The molecule has 0 aromatic heterocycles. The average molecular weight is 321 g/mol. The fraction of sp³-hybridized carbons (Fsp3) is 0.588. The quantitative estimate of drug-likeness (QED) is 0.927. The van der Waals surface area contributed by atoms with E-state index in [0.29, 0.717) is 23.3 Å². The third kappa shape index (κ3) is 3.42. The molecule has 0 spiro atoms. The lowest BCUT2D eigenvalue weighted by Crippen LogP contribution is -2.52. The summed E-state index contributed by atoms with van der Waals surface area (Å²) < 4.78 is 18.6. The van der Waals surface area contributed by atoms with Crippen LogP contribution in [0.3, 0.4) is 0 Å². The van der Waals surface area contributed by atoms with Gasteiger partial charge >= 0.3 is 6.03 Å². The number of piperidine rings is 1. The number of nitrogens with zero attached hydrogens (tertiary/aromatic N) is 2. The number of benzene rings is 1. The summed E-state index contributed by atoms with van der Waals surface area (Å²) in [5.41, 5.74) is 0.651. The Balaban J connectivity index is 1.64. The smallest absolute Gasteiger partial charge is 0.317 e. The lowest BCUT2D eigenvalue weighted by molar-refractivity contribution is 0.135. The number of hydrogen-bond acceptors (Lipinski definition) is 3. The third-order valence-corrected chi connectivity index (χ3v) is 4.90. The van der Waals surface area contributed by atoms with Crippen molar-refractivity contribution in [3.05, 3.63) is 29.6 Å². The SMILES string of the molecule is COc1ccc(F)cc1CNC(=O)N1CCC[C@H]2CN(C)C[C@H]21. The molecule has 0 unspecified atom stereocenters. The molecule has 5 nitrogen and oxygen atoms in total. The zero-order valence-corrected chi connectivity index (χ0v) is 13.7. The maximum absolute atomic E-state index is 13.4. The molecule has 2 aliphatic rings. The Morgan fingerprint density at radius 2 is 2.26 bits per heavy atom. The summed E-state index contributed by atoms with van der Waals surface area (Å²) in [5.74, 6) is 0.831. The minimum absolute atomic E-state index is 0.0682. The molecule has 0 aliphatic carbocycles. The Labute approximate surface area is 136 Å². The van der Waals surface area contributed by atoms with E-state index in [1.54, 1.807) is 13.2 Å². The summed E-state index contributed by atoms with van der Waals surface area (Å²) in [7, 11) is 3.65. The van der Waals surface area contributed by atoms with E-state index in [1.165, 1.54) is 18.6 Å². The summed E-state index contributed by atoms with van der Waals surface area (Å²) >= 11 is 0. The van der Waals surface area contributed by atoms with Crippen LogP contribution < -0.4 is 10.1 Å². The molecule has 0 radical (unpaired) electrons. The number of halogens is 1. The van der Waals surface area contributed by atoms with Crippen LogP contribution in [-0.2, 0) is 6.54 Å². The van der Waals surface area contributed by atoms with Crippen molar-refractivity contribution in [3.8, 4) is 5.75 Å². The molecule has 2 amide bonds. The fourth-order valence-electron chi connectivity index (χ4n) is 3.80. The number of urea groups is 1. The number of carbonyl (C=O) groups excluding carboxylic acids is 1. The maximum Gasteiger partial charge on any atom is 0.317 e. The normalized spacial score (nSPS) is 24.4. The molecule has 2 heterocycles. The molecule has 1 aromatic carbocycles. The third-order valence-electron chi connectivity index (χ3n) is 4.90. The largest absolute Gasteiger partial charge is 0.496 e. The molecule has 2 aliphatic heterocycles. The summed E-state index contributed by atoms with van der Waals surface area (Å²) in [6, 6.07) is 4.57. The van der Waals surface area contributed by atoms with E-state index in [4.69, 9.17) is 4.74 Å². The predicted molar refractivity (Wildman–Crippen MR) is 85.9 cm³/mol. The molecule has 2 atom stereocenters. The van der Waals surface area contributed by atoms with Crippen LogP contribution in [0.15, 0.2) is 18.2 Å². The first kappa shape index (κ1) is 16.1. The monoisotopic (exact) mass is 321 g/mol. The lowest BCUT2D eigenvalue weighted by Gasteiger charge is -2.37. The molecule has 3 rings (SSSR count). The molecular formula is C17H24FN3O2. The van der Waals surface area contributed by atoms with E-state index >= 15 is 0 Å². The molecule has 126 valence electrons. The maximum atomic E-state index is 13.4. The van der Waals surface area contributed by atoms with Gasteiger partial charge in [0.05, 0.1) is 13.2 Å². The number of rotatable bonds is 3. The standard InChI is InChI=1S/C17H24FN3O2/c1-20-10-12-4-3-7-21(15(12)11-20)17(22)19-9-13-8-14(18)5-6-16(13)23-2/h5-6,8,12,15H,3-4,7,9-11H2,1-2H3,(H,19,22)/t12-,15+/m0/s1. The number of ether oxygens (including phenoxy) is 1. The van der Waals surface area contributed by atoms with Crippen LogP contribution in [-0.4, -0.2) is 55.7 Å². The zero-order valence-electron chi connectivity index (χ0n) is 13.7. The molecular weight excluding hydrogens is 297 g/mol. The van der Waals surface area contributed by atoms with Crippen molar-refractivity contribution in [2.24, 2.45) is 5.92 Å². The predicted octanol–water partition coefficient (Wildman–Crippen LogP) is 2.07. The van der Waals surface area contributed by atoms with Crippen molar-refractivity contribution >= 4 is 6.03 Å². The van der Waals surface area contributed by atoms with Crippen LogP contribution in [0.25, 0.3) is 0 Å². The molecule has 0 saturated carbocycles. The zero-order chi connectivity index (χ0) is 16.4. The van der Waals surface area contributed by atoms with Gasteiger partial charge in [-0.05, 0) is 44.0 Å². The highest BCUT2D eigenvalue weighted by molar-refractivity contribution is 5.75. The first-order valence-corrected chi connectivity index (χ1v) is 8.14. The van der Waals surface area contributed by atoms with E-state index in [1.807, 2.05) is 4.90 Å². The van der Waals surface area contributed by atoms with Gasteiger partial charge in [-0.15, -0.1) is 0 Å². The molecule has 2 saturated heterocycles. The Morgan fingerprint density at radius 3 is 3.04 bits per heavy atom. The Morgan fingerprint density at radius 1 is 1.43 bits per heavy atom. The first-order valence-electron chi connectivity index (χ1n) is 8.14. The van der Waals surface area contributed by atoms with Crippen molar-refractivity contribution < 1.29 is 13.9 Å². The Kier molecular flexibility index (Phi) is 4.71. The van der Waals surface area contributed by atoms with E-state index in [9.17, 15) is 9.18 Å². The van der Waals surface area contributed by atoms with Crippen molar-refractivity contribution in [3.63, 3.8) is 0 Å². The van der Waals surface area contributed by atoms with Gasteiger partial charge in [0.2, 0.25) is 0 Å². The Hall–Kier alpha value is -1.82.